The molecular weight excluding hydrogens is 485 g/mol. The number of benzene rings is 1. The molecule has 1 N–H and O–H groups in total. The Bertz CT molecular complexity index is 1170. The topological polar surface area (TPSA) is 59.8 Å². The normalized spacial score (nSPS) is 15.3. The maximum absolute atomic E-state index is 13.4. The van der Waals surface area contributed by atoms with Gasteiger partial charge in [-0.25, -0.2) is 4.98 Å². The van der Waals surface area contributed by atoms with Gasteiger partial charge in [-0.2, -0.15) is 18.3 Å². The van der Waals surface area contributed by atoms with Gasteiger partial charge >= 0.3 is 6.18 Å². The van der Waals surface area contributed by atoms with E-state index in [1.807, 2.05) is 11.6 Å². The van der Waals surface area contributed by atoms with Gasteiger partial charge in [0.05, 0.1) is 28.2 Å². The summed E-state index contributed by atoms with van der Waals surface area (Å²) >= 11 is 3.32. The van der Waals surface area contributed by atoms with Crippen molar-refractivity contribution >= 4 is 38.4 Å². The molecule has 4 rings (SSSR count). The summed E-state index contributed by atoms with van der Waals surface area (Å²) in [5.74, 6) is -0.0643. The number of halogens is 4. The number of hydrogen-bond acceptors (Lipinski definition) is 3. The number of nitrogens with zero attached hydrogens (tertiary/aromatic N) is 3. The maximum atomic E-state index is 13.4. The summed E-state index contributed by atoms with van der Waals surface area (Å²) in [7, 11) is 0. The first kappa shape index (κ1) is 22.8. The number of aryl methyl sites for hydroxylation is 1. The van der Waals surface area contributed by atoms with Gasteiger partial charge < -0.3 is 5.32 Å². The number of hydrogen-bond donors (Lipinski definition) is 1. The van der Waals surface area contributed by atoms with E-state index in [1.54, 1.807) is 19.1 Å². The largest absolute Gasteiger partial charge is 0.433 e. The van der Waals surface area contributed by atoms with Crippen molar-refractivity contribution in [3.63, 3.8) is 0 Å². The summed E-state index contributed by atoms with van der Waals surface area (Å²) < 4.78 is 42.8. The van der Waals surface area contributed by atoms with E-state index in [4.69, 9.17) is 0 Å². The Labute approximate surface area is 192 Å². The zero-order chi connectivity index (χ0) is 23.0. The highest BCUT2D eigenvalue weighted by Gasteiger charge is 2.34. The third-order valence-corrected chi connectivity index (χ3v) is 6.57. The fourth-order valence-electron chi connectivity index (χ4n) is 4.38. The molecule has 2 aromatic heterocycles. The van der Waals surface area contributed by atoms with Gasteiger partial charge in [-0.15, -0.1) is 0 Å². The standard InChI is InChI=1S/C23H24BrF3N4O/c1-13-21(14(2)31(30-13)12-15-6-4-3-5-7-15)29-22(32)18-11-20(23(25,26)27)28-19-9-8-16(24)10-17(18)19/h8-11,15H,3-7,12H2,1-2H3,(H,29,32). The van der Waals surface area contributed by atoms with Crippen LogP contribution < -0.4 is 5.32 Å². The minimum absolute atomic E-state index is 0.0811. The average Bonchev–Trinajstić information content (AvgIpc) is 3.00. The Morgan fingerprint density at radius 3 is 2.59 bits per heavy atom. The predicted molar refractivity (Wildman–Crippen MR) is 121 cm³/mol. The number of carbonyl (C=O) groups excluding carboxylic acids is 1. The molecule has 1 fully saturated rings. The molecule has 0 aliphatic heterocycles. The highest BCUT2D eigenvalue weighted by Crippen LogP contribution is 2.33. The Balaban J connectivity index is 1.67. The maximum Gasteiger partial charge on any atom is 0.433 e. The van der Waals surface area contributed by atoms with Crippen LogP contribution in [0.15, 0.2) is 28.7 Å². The molecule has 0 radical (unpaired) electrons. The number of aromatic nitrogens is 3. The number of fused-ring (bicyclic) bond motifs is 1. The Hall–Kier alpha value is -2.42. The minimum Gasteiger partial charge on any atom is -0.319 e. The minimum atomic E-state index is -4.66. The first-order valence-electron chi connectivity index (χ1n) is 10.7. The molecule has 1 aromatic carbocycles. The van der Waals surface area contributed by atoms with Crippen molar-refractivity contribution in [2.75, 3.05) is 5.32 Å². The van der Waals surface area contributed by atoms with Crippen molar-refractivity contribution in [2.45, 2.75) is 58.7 Å². The third-order valence-electron chi connectivity index (χ3n) is 6.08. The Kier molecular flexibility index (Phi) is 6.29. The lowest BCUT2D eigenvalue weighted by molar-refractivity contribution is -0.140. The molecule has 1 saturated carbocycles. The number of carbonyl (C=O) groups is 1. The van der Waals surface area contributed by atoms with E-state index in [-0.39, 0.29) is 11.1 Å². The summed E-state index contributed by atoms with van der Waals surface area (Å²) in [6.45, 7) is 4.45. The number of amides is 1. The van der Waals surface area contributed by atoms with Gasteiger partial charge in [0.1, 0.15) is 5.69 Å². The molecule has 0 spiro atoms. The smallest absolute Gasteiger partial charge is 0.319 e. The van der Waals surface area contributed by atoms with Gasteiger partial charge in [0.2, 0.25) is 0 Å². The molecule has 0 bridgehead atoms. The average molecular weight is 509 g/mol. The molecule has 1 aliphatic carbocycles. The van der Waals surface area contributed by atoms with E-state index >= 15 is 0 Å². The van der Waals surface area contributed by atoms with E-state index in [1.165, 1.54) is 25.3 Å². The number of pyridine rings is 1. The Morgan fingerprint density at radius 1 is 1.19 bits per heavy atom. The molecule has 2 heterocycles. The third kappa shape index (κ3) is 4.67. The van der Waals surface area contributed by atoms with E-state index < -0.39 is 17.8 Å². The predicted octanol–water partition coefficient (Wildman–Crippen LogP) is 6.66. The van der Waals surface area contributed by atoms with Crippen LogP contribution in [0.2, 0.25) is 0 Å². The quantitative estimate of drug-likeness (QED) is 0.428. The van der Waals surface area contributed by atoms with Crippen LogP contribution in [0.3, 0.4) is 0 Å². The van der Waals surface area contributed by atoms with Crippen LogP contribution in [-0.2, 0) is 12.7 Å². The zero-order valence-corrected chi connectivity index (χ0v) is 19.5. The van der Waals surface area contributed by atoms with E-state index in [0.717, 1.165) is 31.1 Å². The molecule has 3 aromatic rings. The van der Waals surface area contributed by atoms with Crippen LogP contribution in [0.4, 0.5) is 18.9 Å². The first-order chi connectivity index (χ1) is 15.1. The molecule has 9 heteroatoms. The molecular formula is C23H24BrF3N4O. The van der Waals surface area contributed by atoms with Crippen LogP contribution in [0.1, 0.15) is 59.5 Å². The lowest BCUT2D eigenvalue weighted by Crippen LogP contribution is -2.18. The summed E-state index contributed by atoms with van der Waals surface area (Å²) in [4.78, 5) is 16.9. The fourth-order valence-corrected chi connectivity index (χ4v) is 4.74. The lowest BCUT2D eigenvalue weighted by Gasteiger charge is -2.22. The summed E-state index contributed by atoms with van der Waals surface area (Å²) in [5.41, 5.74) is 0.912. The van der Waals surface area contributed by atoms with Crippen LogP contribution in [-0.4, -0.2) is 20.7 Å². The number of alkyl halides is 3. The van der Waals surface area contributed by atoms with Gasteiger partial charge in [0, 0.05) is 16.4 Å². The highest BCUT2D eigenvalue weighted by atomic mass is 79.9. The van der Waals surface area contributed by atoms with E-state index in [2.05, 4.69) is 31.3 Å². The van der Waals surface area contributed by atoms with Crippen molar-refractivity contribution in [3.8, 4) is 0 Å². The molecule has 32 heavy (non-hydrogen) atoms. The van der Waals surface area contributed by atoms with Gasteiger partial charge in [0.15, 0.2) is 0 Å². The summed E-state index contributed by atoms with van der Waals surface area (Å²) in [5, 5.41) is 7.74. The molecule has 0 atom stereocenters. The van der Waals surface area contributed by atoms with Crippen molar-refractivity contribution in [3.05, 3.63) is 51.4 Å². The number of anilines is 1. The first-order valence-corrected chi connectivity index (χ1v) is 11.5. The van der Waals surface area contributed by atoms with Crippen LogP contribution >= 0.6 is 15.9 Å². The zero-order valence-electron chi connectivity index (χ0n) is 17.9. The Morgan fingerprint density at radius 2 is 1.91 bits per heavy atom. The van der Waals surface area contributed by atoms with E-state index in [9.17, 15) is 18.0 Å². The molecule has 170 valence electrons. The van der Waals surface area contributed by atoms with Crippen molar-refractivity contribution in [1.82, 2.24) is 14.8 Å². The van der Waals surface area contributed by atoms with Gasteiger partial charge in [-0.05, 0) is 56.9 Å². The second-order valence-electron chi connectivity index (χ2n) is 8.40. The van der Waals surface area contributed by atoms with Crippen LogP contribution in [0, 0.1) is 19.8 Å². The lowest BCUT2D eigenvalue weighted by atomic mass is 9.89. The second kappa shape index (κ2) is 8.84. The SMILES string of the molecule is Cc1nn(CC2CCCCC2)c(C)c1NC(=O)c1cc(C(F)(F)F)nc2ccc(Br)cc12. The summed E-state index contributed by atoms with van der Waals surface area (Å²) in [6.07, 6.45) is 1.38. The number of nitrogens with one attached hydrogen (secondary N) is 1. The van der Waals surface area contributed by atoms with E-state index in [0.29, 0.717) is 27.2 Å². The second-order valence-corrected chi connectivity index (χ2v) is 9.32. The van der Waals surface area contributed by atoms with Crippen molar-refractivity contribution < 1.29 is 18.0 Å². The molecule has 0 unspecified atom stereocenters. The number of rotatable bonds is 4. The van der Waals surface area contributed by atoms with Crippen molar-refractivity contribution in [1.29, 1.82) is 0 Å². The van der Waals surface area contributed by atoms with Crippen LogP contribution in [0.25, 0.3) is 10.9 Å². The molecule has 1 aliphatic rings. The highest BCUT2D eigenvalue weighted by molar-refractivity contribution is 9.10. The summed E-state index contributed by atoms with van der Waals surface area (Å²) in [6, 6.07) is 5.47. The van der Waals surface area contributed by atoms with Gasteiger partial charge in [0.25, 0.3) is 5.91 Å². The monoisotopic (exact) mass is 508 g/mol. The fraction of sp³-hybridized carbons (Fsp3) is 0.435. The molecule has 1 amide bonds. The van der Waals surface area contributed by atoms with Gasteiger partial charge in [-0.3, -0.25) is 9.48 Å². The van der Waals surface area contributed by atoms with Crippen molar-refractivity contribution in [2.24, 2.45) is 5.92 Å². The molecule has 0 saturated heterocycles. The molecule has 5 nitrogen and oxygen atoms in total. The van der Waals surface area contributed by atoms with Crippen LogP contribution in [0.5, 0.6) is 0 Å². The van der Waals surface area contributed by atoms with Gasteiger partial charge in [-0.1, -0.05) is 35.2 Å².